The zero-order valence-electron chi connectivity index (χ0n) is 11.5. The van der Waals surface area contributed by atoms with Gasteiger partial charge < -0.3 is 0 Å². The van der Waals surface area contributed by atoms with Crippen LogP contribution >= 0.6 is 0 Å². The average molecular weight is 258 g/mol. The van der Waals surface area contributed by atoms with Gasteiger partial charge in [0, 0.05) is 0 Å². The van der Waals surface area contributed by atoms with Crippen molar-refractivity contribution in [1.29, 1.82) is 0 Å². The van der Waals surface area contributed by atoms with Gasteiger partial charge in [-0.15, -0.1) is 0 Å². The van der Waals surface area contributed by atoms with Crippen molar-refractivity contribution in [3.8, 4) is 0 Å². The lowest BCUT2D eigenvalue weighted by Gasteiger charge is -2.28. The minimum Gasteiger partial charge on any atom is -0.0799 e. The van der Waals surface area contributed by atoms with E-state index in [2.05, 4.69) is 72.8 Å². The van der Waals surface area contributed by atoms with Crippen LogP contribution in [0.15, 0.2) is 60.7 Å². The van der Waals surface area contributed by atoms with Crippen molar-refractivity contribution in [2.75, 3.05) is 0 Å². The summed E-state index contributed by atoms with van der Waals surface area (Å²) in [6.07, 6.45) is 11.8. The van der Waals surface area contributed by atoms with Crippen LogP contribution in [0.25, 0.3) is 12.2 Å². The summed E-state index contributed by atoms with van der Waals surface area (Å²) in [4.78, 5) is 0. The highest BCUT2D eigenvalue weighted by Crippen LogP contribution is 2.33. The molecule has 0 heteroatoms. The maximum atomic E-state index is 2.41. The van der Waals surface area contributed by atoms with Crippen LogP contribution in [0.2, 0.25) is 0 Å². The number of hydrogen-bond donors (Lipinski definition) is 0. The van der Waals surface area contributed by atoms with Crippen LogP contribution in [0.1, 0.15) is 22.3 Å². The minimum atomic E-state index is 0.634. The highest BCUT2D eigenvalue weighted by molar-refractivity contribution is 5.59. The van der Waals surface area contributed by atoms with E-state index in [1.165, 1.54) is 35.1 Å². The molecule has 0 aromatic heterocycles. The summed E-state index contributed by atoms with van der Waals surface area (Å²) in [7, 11) is 0. The van der Waals surface area contributed by atoms with Gasteiger partial charge in [0.05, 0.1) is 0 Å². The molecular formula is C20H18. The van der Waals surface area contributed by atoms with Gasteiger partial charge in [0.25, 0.3) is 0 Å². The maximum absolute atomic E-state index is 2.41. The quantitative estimate of drug-likeness (QED) is 0.692. The molecule has 2 aliphatic carbocycles. The predicted molar refractivity (Wildman–Crippen MR) is 85.3 cm³/mol. The molecule has 2 atom stereocenters. The molecule has 0 heterocycles. The Morgan fingerprint density at radius 2 is 1.05 bits per heavy atom. The SMILES string of the molecule is C1=CC(C2C=Cc3ccccc3C2)Cc2ccccc21. The minimum absolute atomic E-state index is 0.634. The van der Waals surface area contributed by atoms with Gasteiger partial charge >= 0.3 is 0 Å². The molecule has 0 aliphatic heterocycles. The average Bonchev–Trinajstić information content (AvgIpc) is 2.54. The number of rotatable bonds is 1. The number of allylic oxidation sites excluding steroid dienone is 2. The normalized spacial score (nSPS) is 23.2. The van der Waals surface area contributed by atoms with E-state index < -0.39 is 0 Å². The Labute approximate surface area is 120 Å². The molecule has 0 spiro atoms. The zero-order valence-corrected chi connectivity index (χ0v) is 11.5. The van der Waals surface area contributed by atoms with Crippen molar-refractivity contribution in [2.24, 2.45) is 11.8 Å². The molecule has 98 valence electrons. The first kappa shape index (κ1) is 11.7. The Hall–Kier alpha value is -2.08. The third kappa shape index (κ3) is 2.02. The van der Waals surface area contributed by atoms with Crippen molar-refractivity contribution >= 4 is 12.2 Å². The van der Waals surface area contributed by atoms with E-state index in [4.69, 9.17) is 0 Å². The lowest BCUT2D eigenvalue weighted by Crippen LogP contribution is -2.20. The molecule has 0 N–H and O–H groups in total. The molecule has 0 amide bonds. The molecule has 0 bridgehead atoms. The molecule has 20 heavy (non-hydrogen) atoms. The van der Waals surface area contributed by atoms with E-state index in [9.17, 15) is 0 Å². The van der Waals surface area contributed by atoms with Crippen molar-refractivity contribution in [3.63, 3.8) is 0 Å². The van der Waals surface area contributed by atoms with Gasteiger partial charge in [0.1, 0.15) is 0 Å². The second-order valence-corrected chi connectivity index (χ2v) is 5.85. The summed E-state index contributed by atoms with van der Waals surface area (Å²) in [5.74, 6) is 1.27. The summed E-state index contributed by atoms with van der Waals surface area (Å²) < 4.78 is 0. The van der Waals surface area contributed by atoms with Crippen LogP contribution < -0.4 is 0 Å². The number of benzene rings is 2. The predicted octanol–water partition coefficient (Wildman–Crippen LogP) is 4.76. The van der Waals surface area contributed by atoms with Gasteiger partial charge in [0.2, 0.25) is 0 Å². The fourth-order valence-corrected chi connectivity index (χ4v) is 3.45. The Kier molecular flexibility index (Phi) is 2.81. The standard InChI is InChI=1S/C20H18/c1-3-7-17-13-19(11-9-15(17)5-1)20-12-10-16-6-2-4-8-18(16)14-20/h1-12,19-20H,13-14H2. The van der Waals surface area contributed by atoms with Crippen molar-refractivity contribution in [1.82, 2.24) is 0 Å². The smallest absolute Gasteiger partial charge is 0.0123 e. The highest BCUT2D eigenvalue weighted by atomic mass is 14.3. The van der Waals surface area contributed by atoms with Gasteiger partial charge in [-0.1, -0.05) is 72.8 Å². The van der Waals surface area contributed by atoms with Gasteiger partial charge in [-0.25, -0.2) is 0 Å². The first-order valence-electron chi connectivity index (χ1n) is 7.42. The summed E-state index contributed by atoms with van der Waals surface area (Å²) >= 11 is 0. The maximum Gasteiger partial charge on any atom is -0.0123 e. The highest BCUT2D eigenvalue weighted by Gasteiger charge is 2.23. The monoisotopic (exact) mass is 258 g/mol. The third-order valence-electron chi connectivity index (χ3n) is 4.62. The molecule has 2 aliphatic rings. The largest absolute Gasteiger partial charge is 0.0799 e. The summed E-state index contributed by atoms with van der Waals surface area (Å²) in [6, 6.07) is 17.5. The van der Waals surface area contributed by atoms with E-state index in [-0.39, 0.29) is 0 Å². The molecule has 2 aromatic carbocycles. The lowest BCUT2D eigenvalue weighted by atomic mass is 9.76. The molecular weight excluding hydrogens is 240 g/mol. The van der Waals surface area contributed by atoms with Crippen LogP contribution in [0, 0.1) is 11.8 Å². The molecule has 0 saturated carbocycles. The Morgan fingerprint density at radius 3 is 1.55 bits per heavy atom. The molecule has 2 aromatic rings. The van der Waals surface area contributed by atoms with Gasteiger partial charge in [-0.2, -0.15) is 0 Å². The molecule has 4 rings (SSSR count). The molecule has 2 unspecified atom stereocenters. The van der Waals surface area contributed by atoms with E-state index in [0.29, 0.717) is 11.8 Å². The topological polar surface area (TPSA) is 0 Å². The Bertz CT molecular complexity index is 629. The van der Waals surface area contributed by atoms with Gasteiger partial charge in [-0.3, -0.25) is 0 Å². The van der Waals surface area contributed by atoms with E-state index in [1.54, 1.807) is 0 Å². The van der Waals surface area contributed by atoms with E-state index in [0.717, 1.165) is 0 Å². The zero-order chi connectivity index (χ0) is 13.4. The van der Waals surface area contributed by atoms with Gasteiger partial charge in [0.15, 0.2) is 0 Å². The Balaban J connectivity index is 1.60. The van der Waals surface area contributed by atoms with E-state index >= 15 is 0 Å². The second kappa shape index (κ2) is 4.79. The molecule has 0 nitrogen and oxygen atoms in total. The van der Waals surface area contributed by atoms with Crippen molar-refractivity contribution < 1.29 is 0 Å². The van der Waals surface area contributed by atoms with Crippen LogP contribution in [0.5, 0.6) is 0 Å². The van der Waals surface area contributed by atoms with Crippen LogP contribution in [-0.2, 0) is 12.8 Å². The summed E-state index contributed by atoms with van der Waals surface area (Å²) in [5, 5.41) is 0. The molecule has 0 saturated heterocycles. The van der Waals surface area contributed by atoms with E-state index in [1.807, 2.05) is 0 Å². The fourth-order valence-electron chi connectivity index (χ4n) is 3.45. The fraction of sp³-hybridized carbons (Fsp3) is 0.200. The first-order chi connectivity index (χ1) is 9.90. The Morgan fingerprint density at radius 1 is 0.600 bits per heavy atom. The van der Waals surface area contributed by atoms with Crippen LogP contribution in [0.4, 0.5) is 0 Å². The number of fused-ring (bicyclic) bond motifs is 2. The molecule has 0 radical (unpaired) electrons. The summed E-state index contributed by atoms with van der Waals surface area (Å²) in [6.45, 7) is 0. The second-order valence-electron chi connectivity index (χ2n) is 5.85. The first-order valence-corrected chi connectivity index (χ1v) is 7.42. The molecule has 0 fully saturated rings. The summed E-state index contributed by atoms with van der Waals surface area (Å²) in [5.41, 5.74) is 5.77. The lowest BCUT2D eigenvalue weighted by molar-refractivity contribution is 0.465. The van der Waals surface area contributed by atoms with Crippen LogP contribution in [-0.4, -0.2) is 0 Å². The van der Waals surface area contributed by atoms with Gasteiger partial charge in [-0.05, 0) is 46.9 Å². The third-order valence-corrected chi connectivity index (χ3v) is 4.62. The van der Waals surface area contributed by atoms with Crippen LogP contribution in [0.3, 0.4) is 0 Å². The van der Waals surface area contributed by atoms with Crippen molar-refractivity contribution in [3.05, 3.63) is 82.9 Å². The number of hydrogen-bond acceptors (Lipinski definition) is 0. The van der Waals surface area contributed by atoms with Crippen molar-refractivity contribution in [2.45, 2.75) is 12.8 Å².